The van der Waals surface area contributed by atoms with Gasteiger partial charge in [0.05, 0.1) is 10.9 Å². The molecule has 0 bridgehead atoms. The molecule has 134 valence electrons. The number of Topliss-reactive ketones (excluding diaryl/α,β-unsaturated/α-hetero) is 2. The number of nitrogens with one attached hydrogen (secondary N) is 2. The second-order valence-corrected chi connectivity index (χ2v) is 7.43. The molecule has 2 aromatic heterocycles. The fraction of sp³-hybridized carbons (Fsp3) is 0.444. The summed E-state index contributed by atoms with van der Waals surface area (Å²) in [5.74, 6) is -0.189. The van der Waals surface area contributed by atoms with Crippen LogP contribution in [0.5, 0.6) is 0 Å². The highest BCUT2D eigenvalue weighted by Gasteiger charge is 2.24. The fourth-order valence-corrected chi connectivity index (χ4v) is 3.76. The van der Waals surface area contributed by atoms with E-state index in [4.69, 9.17) is 0 Å². The van der Waals surface area contributed by atoms with Crippen LogP contribution in [0.2, 0.25) is 0 Å². The summed E-state index contributed by atoms with van der Waals surface area (Å²) >= 11 is 1.21. The quantitative estimate of drug-likeness (QED) is 0.448. The van der Waals surface area contributed by atoms with Crippen molar-refractivity contribution in [2.45, 2.75) is 57.9 Å². The van der Waals surface area contributed by atoms with Gasteiger partial charge in [0.2, 0.25) is 0 Å². The van der Waals surface area contributed by atoms with E-state index in [1.807, 2.05) is 6.92 Å². The second kappa shape index (κ2) is 7.82. The molecule has 0 aliphatic rings. The van der Waals surface area contributed by atoms with Gasteiger partial charge in [-0.3, -0.25) is 14.4 Å². The average Bonchev–Trinajstić information content (AvgIpc) is 2.80. The number of aryl methyl sites for hydroxylation is 2. The van der Waals surface area contributed by atoms with Crippen LogP contribution in [0.3, 0.4) is 0 Å². The van der Waals surface area contributed by atoms with Gasteiger partial charge in [-0.1, -0.05) is 25.1 Å². The third-order valence-corrected chi connectivity index (χ3v) is 4.96. The molecule has 6 nitrogen and oxygen atoms in total. The fourth-order valence-electron chi connectivity index (χ4n) is 2.87. The predicted molar refractivity (Wildman–Crippen MR) is 98.8 cm³/mol. The van der Waals surface area contributed by atoms with Gasteiger partial charge >= 0.3 is 0 Å². The molecule has 0 amide bonds. The Bertz CT molecular complexity index is 867. The Balaban J connectivity index is 2.26. The first-order valence-corrected chi connectivity index (χ1v) is 9.13. The largest absolute Gasteiger partial charge is 0.355 e. The van der Waals surface area contributed by atoms with Crippen molar-refractivity contribution in [2.75, 3.05) is 0 Å². The molecule has 0 saturated heterocycles. The maximum absolute atomic E-state index is 12.8. The van der Waals surface area contributed by atoms with Crippen molar-refractivity contribution < 1.29 is 9.59 Å². The van der Waals surface area contributed by atoms with E-state index in [-0.39, 0.29) is 17.1 Å². The number of carbonyl (C=O) groups excluding carboxylic acids is 2. The van der Waals surface area contributed by atoms with E-state index in [9.17, 15) is 14.4 Å². The van der Waals surface area contributed by atoms with Crippen LogP contribution in [-0.4, -0.2) is 31.8 Å². The topological polar surface area (TPSA) is 95.7 Å². The number of H-pyrrole nitrogens is 2. The van der Waals surface area contributed by atoms with Gasteiger partial charge in [0, 0.05) is 23.0 Å². The molecule has 7 heteroatoms. The predicted octanol–water partition coefficient (Wildman–Crippen LogP) is 3.23. The Labute approximate surface area is 150 Å². The van der Waals surface area contributed by atoms with E-state index in [0.29, 0.717) is 27.7 Å². The number of nitrogens with zero attached hydrogens (tertiary/aromatic N) is 1. The maximum atomic E-state index is 12.8. The zero-order valence-corrected chi connectivity index (χ0v) is 16.0. The second-order valence-electron chi connectivity index (χ2n) is 6.10. The van der Waals surface area contributed by atoms with Crippen LogP contribution in [0.1, 0.15) is 65.0 Å². The molecule has 0 spiro atoms. The third-order valence-electron chi connectivity index (χ3n) is 3.97. The molecular formula is C18H23N3O3S. The van der Waals surface area contributed by atoms with Crippen molar-refractivity contribution in [3.63, 3.8) is 0 Å². The number of hydrogen-bond acceptors (Lipinski definition) is 5. The lowest BCUT2D eigenvalue weighted by Gasteiger charge is -2.10. The Kier molecular flexibility index (Phi) is 6.00. The van der Waals surface area contributed by atoms with Gasteiger partial charge in [0.15, 0.2) is 16.7 Å². The third kappa shape index (κ3) is 4.28. The van der Waals surface area contributed by atoms with Crippen LogP contribution in [0, 0.1) is 13.8 Å². The monoisotopic (exact) mass is 361 g/mol. The lowest BCUT2D eigenvalue weighted by atomic mass is 10.0. The zero-order valence-electron chi connectivity index (χ0n) is 15.1. The van der Waals surface area contributed by atoms with Gasteiger partial charge in [0.25, 0.3) is 5.56 Å². The van der Waals surface area contributed by atoms with Crippen molar-refractivity contribution in [2.24, 2.45) is 0 Å². The lowest BCUT2D eigenvalue weighted by Crippen LogP contribution is -2.18. The molecule has 0 aliphatic carbocycles. The number of ketones is 2. The minimum Gasteiger partial charge on any atom is -0.355 e. The van der Waals surface area contributed by atoms with Gasteiger partial charge in [-0.15, -0.1) is 0 Å². The Hall–Kier alpha value is -2.15. The number of aromatic amines is 2. The van der Waals surface area contributed by atoms with Crippen LogP contribution in [-0.2, 0) is 6.42 Å². The first-order chi connectivity index (χ1) is 11.7. The molecule has 2 N–H and O–H groups in total. The minimum atomic E-state index is -0.448. The van der Waals surface area contributed by atoms with Crippen molar-refractivity contribution in [3.05, 3.63) is 44.6 Å². The summed E-state index contributed by atoms with van der Waals surface area (Å²) < 4.78 is 0. The summed E-state index contributed by atoms with van der Waals surface area (Å²) in [6.07, 6.45) is 1.61. The first kappa shape index (κ1) is 19.2. The molecule has 25 heavy (non-hydrogen) atoms. The number of aromatic nitrogens is 3. The van der Waals surface area contributed by atoms with Crippen LogP contribution in [0.25, 0.3) is 0 Å². The van der Waals surface area contributed by atoms with Gasteiger partial charge in [-0.25, -0.2) is 4.98 Å². The average molecular weight is 361 g/mol. The van der Waals surface area contributed by atoms with Crippen molar-refractivity contribution in [1.29, 1.82) is 0 Å². The standard InChI is InChI=1S/C18H23N3O3S/c1-6-7-13-8-14(23)21-18(20-13)25-12(5)17(24)16-9(2)15(11(4)22)10(3)19-16/h8,12,19H,6-7H2,1-5H3,(H,20,21,23). The molecule has 0 fully saturated rings. The first-order valence-electron chi connectivity index (χ1n) is 8.25. The minimum absolute atomic E-state index is 0.0659. The molecule has 2 aromatic rings. The van der Waals surface area contributed by atoms with E-state index in [1.165, 1.54) is 24.8 Å². The normalized spacial score (nSPS) is 12.2. The maximum Gasteiger partial charge on any atom is 0.251 e. The molecule has 0 aliphatic heterocycles. The smallest absolute Gasteiger partial charge is 0.251 e. The highest BCUT2D eigenvalue weighted by Crippen LogP contribution is 2.26. The van der Waals surface area contributed by atoms with Gasteiger partial charge < -0.3 is 9.97 Å². The highest BCUT2D eigenvalue weighted by atomic mass is 32.2. The summed E-state index contributed by atoms with van der Waals surface area (Å²) in [6.45, 7) is 8.83. The van der Waals surface area contributed by atoms with Crippen LogP contribution >= 0.6 is 11.8 Å². The SMILES string of the molecule is CCCc1cc(=O)[nH]c(SC(C)C(=O)c2[nH]c(C)c(C(C)=O)c2C)n1. The highest BCUT2D eigenvalue weighted by molar-refractivity contribution is 8.00. The van der Waals surface area contributed by atoms with E-state index in [2.05, 4.69) is 15.0 Å². The van der Waals surface area contributed by atoms with E-state index in [0.717, 1.165) is 18.5 Å². The zero-order chi connectivity index (χ0) is 18.7. The number of hydrogen-bond donors (Lipinski definition) is 2. The molecule has 0 saturated carbocycles. The van der Waals surface area contributed by atoms with Gasteiger partial charge in [0.1, 0.15) is 0 Å². The summed E-state index contributed by atoms with van der Waals surface area (Å²) in [6, 6.07) is 1.48. The molecule has 2 heterocycles. The molecule has 1 unspecified atom stereocenters. The summed E-state index contributed by atoms with van der Waals surface area (Å²) in [4.78, 5) is 46.4. The molecule has 1 atom stereocenters. The van der Waals surface area contributed by atoms with Crippen molar-refractivity contribution in [1.82, 2.24) is 15.0 Å². The summed E-state index contributed by atoms with van der Waals surface area (Å²) in [7, 11) is 0. The van der Waals surface area contributed by atoms with Crippen LogP contribution < -0.4 is 5.56 Å². The Morgan fingerprint density at radius 1 is 1.28 bits per heavy atom. The Morgan fingerprint density at radius 2 is 1.96 bits per heavy atom. The van der Waals surface area contributed by atoms with Crippen LogP contribution in [0.15, 0.2) is 16.0 Å². The van der Waals surface area contributed by atoms with E-state index < -0.39 is 5.25 Å². The molecule has 2 rings (SSSR count). The van der Waals surface area contributed by atoms with E-state index >= 15 is 0 Å². The van der Waals surface area contributed by atoms with Crippen molar-refractivity contribution in [3.8, 4) is 0 Å². The van der Waals surface area contributed by atoms with Crippen molar-refractivity contribution >= 4 is 23.3 Å². The number of thioether (sulfide) groups is 1. The molecular weight excluding hydrogens is 338 g/mol. The summed E-state index contributed by atoms with van der Waals surface area (Å²) in [5, 5.41) is -0.0129. The lowest BCUT2D eigenvalue weighted by molar-refractivity contribution is 0.0988. The number of carbonyl (C=O) groups is 2. The Morgan fingerprint density at radius 3 is 2.52 bits per heavy atom. The molecule has 0 radical (unpaired) electrons. The molecule has 0 aromatic carbocycles. The van der Waals surface area contributed by atoms with Crippen LogP contribution in [0.4, 0.5) is 0 Å². The van der Waals surface area contributed by atoms with E-state index in [1.54, 1.807) is 20.8 Å². The van der Waals surface area contributed by atoms with Gasteiger partial charge in [-0.05, 0) is 39.7 Å². The number of rotatable bonds is 7. The summed E-state index contributed by atoms with van der Waals surface area (Å²) in [5.41, 5.74) is 2.88. The van der Waals surface area contributed by atoms with Gasteiger partial charge in [-0.2, -0.15) is 0 Å².